The van der Waals surface area contributed by atoms with E-state index in [-0.39, 0.29) is 5.92 Å². The first-order valence-electron chi connectivity index (χ1n) is 8.24. The maximum Gasteiger partial charge on any atom is 0.323 e. The molecule has 5 nitrogen and oxygen atoms in total. The Morgan fingerprint density at radius 2 is 1.70 bits per heavy atom. The van der Waals surface area contributed by atoms with Gasteiger partial charge < -0.3 is 20.3 Å². The molecule has 5 heteroatoms. The third-order valence-electron chi connectivity index (χ3n) is 3.86. The number of hydrogen-bond donors (Lipinski definition) is 2. The summed E-state index contributed by atoms with van der Waals surface area (Å²) in [5.74, 6) is 0.774. The molecule has 1 aromatic rings. The van der Waals surface area contributed by atoms with Crippen LogP contribution in [0.5, 0.6) is 11.5 Å². The van der Waals surface area contributed by atoms with Crippen molar-refractivity contribution in [1.82, 2.24) is 0 Å². The molecule has 0 radical (unpaired) electrons. The van der Waals surface area contributed by atoms with Crippen LogP contribution in [0, 0.1) is 5.92 Å². The van der Waals surface area contributed by atoms with E-state index in [1.54, 1.807) is 6.92 Å². The number of aliphatic carboxylic acids is 1. The number of carboxylic acids is 1. The predicted molar refractivity (Wildman–Crippen MR) is 91.1 cm³/mol. The molecule has 0 aliphatic heterocycles. The molecule has 1 aromatic carbocycles. The molecule has 0 aromatic heterocycles. The quantitative estimate of drug-likeness (QED) is 0.691. The Hall–Kier alpha value is -1.75. The lowest BCUT2D eigenvalue weighted by molar-refractivity contribution is -0.143. The fourth-order valence-electron chi connectivity index (χ4n) is 2.63. The Morgan fingerprint density at radius 1 is 1.17 bits per heavy atom. The molecule has 0 saturated carbocycles. The Kier molecular flexibility index (Phi) is 7.36. The molecule has 1 rings (SSSR count). The summed E-state index contributed by atoms with van der Waals surface area (Å²) in [5.41, 5.74) is 5.76. The van der Waals surface area contributed by atoms with Gasteiger partial charge in [-0.15, -0.1) is 0 Å². The average molecular weight is 323 g/mol. The summed E-state index contributed by atoms with van der Waals surface area (Å²) < 4.78 is 11.2. The number of hydrogen-bond acceptors (Lipinski definition) is 4. The fraction of sp³-hybridized carbons (Fsp3) is 0.611. The van der Waals surface area contributed by atoms with E-state index in [0.717, 1.165) is 29.9 Å². The monoisotopic (exact) mass is 323 g/mol. The number of rotatable bonds is 10. The summed E-state index contributed by atoms with van der Waals surface area (Å²) >= 11 is 0. The van der Waals surface area contributed by atoms with E-state index < -0.39 is 11.5 Å². The van der Waals surface area contributed by atoms with Gasteiger partial charge in [0.15, 0.2) is 0 Å². The zero-order valence-electron chi connectivity index (χ0n) is 14.6. The van der Waals surface area contributed by atoms with E-state index >= 15 is 0 Å². The molecular formula is C18H29NO4. The van der Waals surface area contributed by atoms with Crippen LogP contribution in [0.15, 0.2) is 18.2 Å². The largest absolute Gasteiger partial charge is 0.494 e. The van der Waals surface area contributed by atoms with Crippen molar-refractivity contribution in [3.63, 3.8) is 0 Å². The van der Waals surface area contributed by atoms with E-state index in [4.69, 9.17) is 15.2 Å². The normalized spacial score (nSPS) is 14.8. The second-order valence-corrected chi connectivity index (χ2v) is 6.08. The first-order chi connectivity index (χ1) is 10.8. The fourth-order valence-corrected chi connectivity index (χ4v) is 2.63. The summed E-state index contributed by atoms with van der Waals surface area (Å²) in [6, 6.07) is 5.86. The lowest BCUT2D eigenvalue weighted by atomic mass is 9.84. The van der Waals surface area contributed by atoms with Crippen LogP contribution in [0.25, 0.3) is 0 Å². The van der Waals surface area contributed by atoms with Crippen LogP contribution in [0.4, 0.5) is 0 Å². The minimum absolute atomic E-state index is 0.187. The molecule has 23 heavy (non-hydrogen) atoms. The maximum absolute atomic E-state index is 11.2. The highest BCUT2D eigenvalue weighted by Crippen LogP contribution is 2.28. The highest BCUT2D eigenvalue weighted by molar-refractivity contribution is 5.77. The Labute approximate surface area is 138 Å². The van der Waals surface area contributed by atoms with Crippen LogP contribution < -0.4 is 15.2 Å². The van der Waals surface area contributed by atoms with Crippen molar-refractivity contribution in [1.29, 1.82) is 0 Å². The molecule has 130 valence electrons. The van der Waals surface area contributed by atoms with E-state index in [2.05, 4.69) is 6.92 Å². The van der Waals surface area contributed by atoms with Crippen molar-refractivity contribution in [2.24, 2.45) is 11.7 Å². The van der Waals surface area contributed by atoms with Gasteiger partial charge in [0.25, 0.3) is 0 Å². The first kappa shape index (κ1) is 19.3. The van der Waals surface area contributed by atoms with Crippen LogP contribution in [0.3, 0.4) is 0 Å². The van der Waals surface area contributed by atoms with Crippen molar-refractivity contribution < 1.29 is 19.4 Å². The standard InChI is InChI=1S/C18H29NO4/c1-5-13(12-18(4,19)17(20)21)8-14-9-15(22-6-2)11-16(10-14)23-7-3/h9-11,13H,5-8,12,19H2,1-4H3,(H,20,21). The summed E-state index contributed by atoms with van der Waals surface area (Å²) in [6.45, 7) is 8.68. The van der Waals surface area contributed by atoms with Gasteiger partial charge in [-0.1, -0.05) is 13.3 Å². The molecule has 3 N–H and O–H groups in total. The van der Waals surface area contributed by atoms with Gasteiger partial charge in [0.05, 0.1) is 13.2 Å². The van der Waals surface area contributed by atoms with Gasteiger partial charge in [-0.25, -0.2) is 0 Å². The minimum Gasteiger partial charge on any atom is -0.494 e. The molecule has 0 heterocycles. The zero-order valence-corrected chi connectivity index (χ0v) is 14.6. The van der Waals surface area contributed by atoms with Crippen LogP contribution >= 0.6 is 0 Å². The predicted octanol–water partition coefficient (Wildman–Crippen LogP) is 3.24. The van der Waals surface area contributed by atoms with E-state index in [9.17, 15) is 9.90 Å². The maximum atomic E-state index is 11.2. The molecule has 0 bridgehead atoms. The second-order valence-electron chi connectivity index (χ2n) is 6.08. The average Bonchev–Trinajstić information content (AvgIpc) is 2.46. The van der Waals surface area contributed by atoms with Gasteiger partial charge in [-0.3, -0.25) is 4.79 Å². The van der Waals surface area contributed by atoms with Gasteiger partial charge in [0, 0.05) is 6.07 Å². The first-order valence-corrected chi connectivity index (χ1v) is 8.24. The number of nitrogens with two attached hydrogens (primary N) is 1. The molecular weight excluding hydrogens is 294 g/mol. The zero-order chi connectivity index (χ0) is 17.5. The van der Waals surface area contributed by atoms with Crippen LogP contribution in [-0.4, -0.2) is 29.8 Å². The summed E-state index contributed by atoms with van der Waals surface area (Å²) in [4.78, 5) is 11.2. The minimum atomic E-state index is -1.21. The van der Waals surface area contributed by atoms with E-state index in [0.29, 0.717) is 19.6 Å². The molecule has 0 aliphatic rings. The smallest absolute Gasteiger partial charge is 0.323 e. The van der Waals surface area contributed by atoms with Crippen LogP contribution in [-0.2, 0) is 11.2 Å². The van der Waals surface area contributed by atoms with Crippen molar-refractivity contribution in [3.8, 4) is 11.5 Å². The number of carboxylic acid groups (broad SMARTS) is 1. The molecule has 2 atom stereocenters. The highest BCUT2D eigenvalue weighted by Gasteiger charge is 2.30. The van der Waals surface area contributed by atoms with Gasteiger partial charge in [-0.05, 0) is 57.2 Å². The number of benzene rings is 1. The number of ether oxygens (including phenoxy) is 2. The molecule has 0 fully saturated rings. The third-order valence-corrected chi connectivity index (χ3v) is 3.86. The van der Waals surface area contributed by atoms with Gasteiger partial charge >= 0.3 is 5.97 Å². The number of carbonyl (C=O) groups is 1. The van der Waals surface area contributed by atoms with E-state index in [1.807, 2.05) is 32.0 Å². The second kappa shape index (κ2) is 8.77. The van der Waals surface area contributed by atoms with Crippen LogP contribution in [0.2, 0.25) is 0 Å². The highest BCUT2D eigenvalue weighted by atomic mass is 16.5. The summed E-state index contributed by atoms with van der Waals surface area (Å²) in [5, 5.41) is 9.21. The summed E-state index contributed by atoms with van der Waals surface area (Å²) in [6.07, 6.45) is 2.04. The van der Waals surface area contributed by atoms with Gasteiger partial charge in [0.1, 0.15) is 17.0 Å². The molecule has 2 unspecified atom stereocenters. The van der Waals surface area contributed by atoms with Gasteiger partial charge in [-0.2, -0.15) is 0 Å². The SMILES string of the molecule is CCOc1cc(CC(CC)CC(C)(N)C(=O)O)cc(OCC)c1. The Bertz CT molecular complexity index is 489. The van der Waals surface area contributed by atoms with Crippen molar-refractivity contribution >= 4 is 5.97 Å². The van der Waals surface area contributed by atoms with Gasteiger partial charge in [0.2, 0.25) is 0 Å². The van der Waals surface area contributed by atoms with Crippen molar-refractivity contribution in [2.45, 2.75) is 52.5 Å². The lowest BCUT2D eigenvalue weighted by Crippen LogP contribution is -2.46. The third kappa shape index (κ3) is 6.10. The molecule has 0 amide bonds. The Balaban J connectivity index is 2.93. The Morgan fingerprint density at radius 3 is 2.09 bits per heavy atom. The lowest BCUT2D eigenvalue weighted by Gasteiger charge is -2.25. The van der Waals surface area contributed by atoms with Crippen molar-refractivity contribution in [2.75, 3.05) is 13.2 Å². The van der Waals surface area contributed by atoms with Crippen LogP contribution in [0.1, 0.15) is 46.1 Å². The topological polar surface area (TPSA) is 81.8 Å². The molecule has 0 saturated heterocycles. The van der Waals surface area contributed by atoms with E-state index in [1.165, 1.54) is 0 Å². The molecule has 0 spiro atoms. The summed E-state index contributed by atoms with van der Waals surface area (Å²) in [7, 11) is 0. The molecule has 0 aliphatic carbocycles. The van der Waals surface area contributed by atoms with Crippen molar-refractivity contribution in [3.05, 3.63) is 23.8 Å².